The molecule has 0 spiro atoms. The van der Waals surface area contributed by atoms with Crippen molar-refractivity contribution in [1.29, 1.82) is 0 Å². The maximum Gasteiger partial charge on any atom is 0.240 e. The molecule has 0 aliphatic rings. The van der Waals surface area contributed by atoms with Gasteiger partial charge in [0.2, 0.25) is 5.95 Å². The Labute approximate surface area is 104 Å². The van der Waals surface area contributed by atoms with Crippen molar-refractivity contribution < 1.29 is 21.1 Å². The number of rotatable bonds is 0. The van der Waals surface area contributed by atoms with Gasteiger partial charge in [0.25, 0.3) is 0 Å². The Morgan fingerprint density at radius 2 is 2.00 bits per heavy atom. The molecule has 2 aromatic rings. The predicted molar refractivity (Wildman–Crippen MR) is 57.7 cm³/mol. The van der Waals surface area contributed by atoms with E-state index in [0.29, 0.717) is 11.5 Å². The quantitative estimate of drug-likeness (QED) is 0.707. The first-order chi connectivity index (χ1) is 6.27. The van der Waals surface area contributed by atoms with E-state index < -0.39 is 0 Å². The Balaban J connectivity index is 0. The summed E-state index contributed by atoms with van der Waals surface area (Å²) in [4.78, 5) is 7.84. The predicted octanol–water partition coefficient (Wildman–Crippen LogP) is 1.55. The van der Waals surface area contributed by atoms with Crippen molar-refractivity contribution in [3.8, 4) is 0 Å². The summed E-state index contributed by atoms with van der Waals surface area (Å²) in [6, 6.07) is 1.72. The fourth-order valence-corrected chi connectivity index (χ4v) is 0.883. The Morgan fingerprint density at radius 3 is 2.53 bits per heavy atom. The molecule has 2 aromatic heterocycles. The van der Waals surface area contributed by atoms with E-state index in [1.54, 1.807) is 12.3 Å². The van der Waals surface area contributed by atoms with Crippen LogP contribution in [0.5, 0.6) is 0 Å². The molecule has 0 radical (unpaired) electrons. The third kappa shape index (κ3) is 3.51. The molecule has 84 valence electrons. The van der Waals surface area contributed by atoms with E-state index in [0.717, 1.165) is 0 Å². The van der Waals surface area contributed by atoms with Gasteiger partial charge in [0.15, 0.2) is 5.65 Å². The van der Waals surface area contributed by atoms with Crippen molar-refractivity contribution in [2.75, 3.05) is 5.73 Å². The second kappa shape index (κ2) is 7.23. The molecule has 0 aromatic carbocycles. The first-order valence-corrected chi connectivity index (χ1v) is 4.06. The molecule has 2 rings (SSSR count). The summed E-state index contributed by atoms with van der Waals surface area (Å²) in [5, 5.41) is 3.87. The first kappa shape index (κ1) is 16.3. The summed E-state index contributed by atoms with van der Waals surface area (Å²) in [5.41, 5.74) is 6.03. The second-order valence-corrected chi connectivity index (χ2v) is 2.10. The molecule has 0 bridgehead atoms. The van der Waals surface area contributed by atoms with Gasteiger partial charge in [-0.3, -0.25) is 4.98 Å². The van der Waals surface area contributed by atoms with Crippen LogP contribution in [0.15, 0.2) is 12.3 Å². The molecule has 2 N–H and O–H groups in total. The van der Waals surface area contributed by atoms with E-state index in [4.69, 9.17) is 5.73 Å². The third-order valence-corrected chi connectivity index (χ3v) is 1.34. The van der Waals surface area contributed by atoms with E-state index in [-0.39, 0.29) is 34.4 Å². The van der Waals surface area contributed by atoms with Gasteiger partial charge < -0.3 is 12.7 Å². The zero-order valence-electron chi connectivity index (χ0n) is 8.14. The molecule has 15 heavy (non-hydrogen) atoms. The molecule has 0 amide bonds. The van der Waals surface area contributed by atoms with Crippen LogP contribution in [0.2, 0.25) is 0 Å². The van der Waals surface area contributed by atoms with Crippen molar-refractivity contribution >= 4 is 11.6 Å². The summed E-state index contributed by atoms with van der Waals surface area (Å²) in [6.45, 7) is 7.66. The van der Waals surface area contributed by atoms with Gasteiger partial charge in [0.05, 0.1) is 0 Å². The van der Waals surface area contributed by atoms with Gasteiger partial charge in [-0.05, 0) is 5.82 Å². The van der Waals surface area contributed by atoms with E-state index in [1.807, 2.05) is 13.8 Å². The number of nitrogens with two attached hydrogens (primary N) is 1. The number of nitrogens with zero attached hydrogens (tertiary/aromatic N) is 4. The van der Waals surface area contributed by atoms with Crippen LogP contribution in [0, 0.1) is 6.92 Å². The van der Waals surface area contributed by atoms with Crippen LogP contribution >= 0.6 is 0 Å². The minimum Gasteiger partial charge on any atom is -0.366 e. The summed E-state index contributed by atoms with van der Waals surface area (Å²) >= 11 is 0. The number of hydrogen-bond donors (Lipinski definition) is 1. The van der Waals surface area contributed by atoms with Crippen LogP contribution < -0.4 is 5.73 Å². The molecule has 0 aliphatic carbocycles. The van der Waals surface area contributed by atoms with Gasteiger partial charge in [-0.25, -0.2) is 4.52 Å². The number of fused-ring (bicyclic) bond motifs is 1. The van der Waals surface area contributed by atoms with Crippen molar-refractivity contribution in [2.45, 2.75) is 21.3 Å². The Morgan fingerprint density at radius 1 is 1.40 bits per heavy atom. The van der Waals surface area contributed by atoms with E-state index in [1.165, 1.54) is 4.52 Å². The summed E-state index contributed by atoms with van der Waals surface area (Å²) in [7, 11) is 0. The van der Waals surface area contributed by atoms with Crippen LogP contribution in [0.3, 0.4) is 0 Å². The maximum atomic E-state index is 5.36. The van der Waals surface area contributed by atoms with Crippen molar-refractivity contribution in [3.63, 3.8) is 0 Å². The SMILES string of the molecule is C.CC.[CH2-]c1nccc2nc(N)nn12.[W]. The largest absolute Gasteiger partial charge is 0.366 e. The maximum absolute atomic E-state index is 5.36. The van der Waals surface area contributed by atoms with Crippen LogP contribution in [0.1, 0.15) is 27.1 Å². The average Bonchev–Trinajstić information content (AvgIpc) is 2.51. The van der Waals surface area contributed by atoms with E-state index in [9.17, 15) is 0 Å². The number of nitrogen functional groups attached to an aromatic ring is 1. The van der Waals surface area contributed by atoms with Gasteiger partial charge in [-0.1, -0.05) is 21.3 Å². The molecule has 0 fully saturated rings. The van der Waals surface area contributed by atoms with Crippen LogP contribution in [-0.2, 0) is 21.1 Å². The second-order valence-electron chi connectivity index (χ2n) is 2.10. The molecule has 0 saturated heterocycles. The monoisotopic (exact) mass is 378 g/mol. The standard InChI is InChI=1S/C6H6N5.C2H6.CH4.W/c1-4-8-3-2-5-9-6(7)10-11(4)5;1-2;;/h2-3H,1H2,(H2,7,10);1-2H3;1H4;/q-1;;;. The summed E-state index contributed by atoms with van der Waals surface area (Å²) < 4.78 is 1.50. The summed E-state index contributed by atoms with van der Waals surface area (Å²) in [6.07, 6.45) is 1.62. The molecule has 6 heteroatoms. The topological polar surface area (TPSA) is 69.1 Å². The molecule has 0 saturated carbocycles. The fraction of sp³-hybridized carbons (Fsp3) is 0.333. The molecule has 2 heterocycles. The minimum atomic E-state index is 0. The number of anilines is 1. The number of aromatic nitrogens is 4. The van der Waals surface area contributed by atoms with Gasteiger partial charge in [0.1, 0.15) is 0 Å². The van der Waals surface area contributed by atoms with Crippen molar-refractivity contribution in [2.24, 2.45) is 0 Å². The van der Waals surface area contributed by atoms with Crippen LogP contribution in [0.25, 0.3) is 5.65 Å². The molecule has 0 aliphatic heterocycles. The van der Waals surface area contributed by atoms with Gasteiger partial charge in [0, 0.05) is 33.3 Å². The minimum absolute atomic E-state index is 0. The van der Waals surface area contributed by atoms with E-state index in [2.05, 4.69) is 22.0 Å². The molecule has 5 nitrogen and oxygen atoms in total. The first-order valence-electron chi connectivity index (χ1n) is 4.06. The van der Waals surface area contributed by atoms with Gasteiger partial charge >= 0.3 is 0 Å². The smallest absolute Gasteiger partial charge is 0.240 e. The average molecular weight is 378 g/mol. The Kier molecular flexibility index (Phi) is 7.88. The van der Waals surface area contributed by atoms with Crippen LogP contribution in [-0.4, -0.2) is 19.6 Å². The number of hydrogen-bond acceptors (Lipinski definition) is 4. The Hall–Kier alpha value is -1.09. The fourth-order valence-electron chi connectivity index (χ4n) is 0.883. The zero-order valence-corrected chi connectivity index (χ0v) is 11.1. The van der Waals surface area contributed by atoms with Crippen LogP contribution in [0.4, 0.5) is 5.95 Å². The van der Waals surface area contributed by atoms with Crippen molar-refractivity contribution in [1.82, 2.24) is 19.6 Å². The molecular formula is C9H16N5W-. The molecule has 0 atom stereocenters. The van der Waals surface area contributed by atoms with Crippen molar-refractivity contribution in [3.05, 3.63) is 25.0 Å². The summed E-state index contributed by atoms with van der Waals surface area (Å²) in [5.74, 6) is 0.773. The van der Waals surface area contributed by atoms with Gasteiger partial charge in [-0.2, -0.15) is 4.98 Å². The molecular weight excluding hydrogens is 362 g/mol. The Bertz CT molecular complexity index is 398. The normalized spacial score (nSPS) is 8.13. The van der Waals surface area contributed by atoms with E-state index >= 15 is 0 Å². The van der Waals surface area contributed by atoms with Gasteiger partial charge in [-0.15, -0.1) is 5.10 Å². The molecule has 0 unspecified atom stereocenters. The third-order valence-electron chi connectivity index (χ3n) is 1.34. The zero-order chi connectivity index (χ0) is 9.84.